The largest absolute Gasteiger partial charge is 0.469 e. The van der Waals surface area contributed by atoms with Crippen molar-refractivity contribution in [2.75, 3.05) is 6.16 Å². The van der Waals surface area contributed by atoms with Crippen LogP contribution in [0.4, 0.5) is 0 Å². The van der Waals surface area contributed by atoms with E-state index in [9.17, 15) is 0 Å². The van der Waals surface area contributed by atoms with Gasteiger partial charge in [-0.25, -0.2) is 0 Å². The van der Waals surface area contributed by atoms with Gasteiger partial charge in [0, 0.05) is 11.7 Å². The molecule has 2 heteroatoms. The Balaban J connectivity index is 1.84. The second kappa shape index (κ2) is 6.06. The second-order valence-electron chi connectivity index (χ2n) is 4.15. The molecule has 0 amide bonds. The zero-order valence-corrected chi connectivity index (χ0v) is 10.7. The molecule has 1 aromatic rings. The topological polar surface area (TPSA) is 9.23 Å². The van der Waals surface area contributed by atoms with E-state index < -0.39 is 0 Å². The molecule has 16 heavy (non-hydrogen) atoms. The quantitative estimate of drug-likeness (QED) is 0.513. The fourth-order valence-corrected chi connectivity index (χ4v) is 3.42. The number of rotatable bonds is 5. The number of hydrogen-bond acceptors (Lipinski definition) is 1. The molecule has 0 saturated heterocycles. The lowest BCUT2D eigenvalue weighted by Gasteiger charge is -2.20. The zero-order chi connectivity index (χ0) is 11.2. The highest BCUT2D eigenvalue weighted by Gasteiger charge is 2.13. The Kier molecular flexibility index (Phi) is 4.42. The van der Waals surface area contributed by atoms with E-state index in [2.05, 4.69) is 37.0 Å². The lowest BCUT2D eigenvalue weighted by molar-refractivity contribution is 0.608. The average molecular weight is 234 g/mol. The Morgan fingerprint density at radius 2 is 2.00 bits per heavy atom. The monoisotopic (exact) mass is 234 g/mol. The van der Waals surface area contributed by atoms with Crippen LogP contribution in [-0.4, -0.2) is 6.16 Å². The van der Waals surface area contributed by atoms with Crippen molar-refractivity contribution in [3.63, 3.8) is 0 Å². The summed E-state index contributed by atoms with van der Waals surface area (Å²) in [6, 6.07) is 8.28. The van der Waals surface area contributed by atoms with Crippen LogP contribution in [0.1, 0.15) is 38.2 Å². The van der Waals surface area contributed by atoms with Gasteiger partial charge in [-0.3, -0.25) is 0 Å². The third kappa shape index (κ3) is 3.09. The second-order valence-corrected chi connectivity index (χ2v) is 5.91. The third-order valence-electron chi connectivity index (χ3n) is 2.79. The molecular weight excluding hydrogens is 215 g/mol. The average Bonchev–Trinajstić information content (AvgIpc) is 2.34. The van der Waals surface area contributed by atoms with Gasteiger partial charge in [0.1, 0.15) is 13.9 Å². The molecule has 0 aliphatic carbocycles. The highest BCUT2D eigenvalue weighted by molar-refractivity contribution is 7.56. The van der Waals surface area contributed by atoms with E-state index in [0.29, 0.717) is 0 Å². The zero-order valence-electron chi connectivity index (χ0n) is 9.86. The Morgan fingerprint density at radius 1 is 1.12 bits per heavy atom. The van der Waals surface area contributed by atoms with Gasteiger partial charge in [0.25, 0.3) is 0 Å². The molecule has 0 fully saturated rings. The first-order valence-electron chi connectivity index (χ1n) is 6.12. The summed E-state index contributed by atoms with van der Waals surface area (Å²) in [6.07, 6.45) is 8.71. The molecule has 0 spiro atoms. The first-order valence-corrected chi connectivity index (χ1v) is 7.63. The van der Waals surface area contributed by atoms with Gasteiger partial charge in [-0.15, -0.1) is 0 Å². The van der Waals surface area contributed by atoms with E-state index >= 15 is 0 Å². The molecule has 0 radical (unpaired) electrons. The summed E-state index contributed by atoms with van der Waals surface area (Å²) >= 11 is 0. The number of hydrogen-bond donors (Lipinski definition) is 0. The molecule has 1 aliphatic rings. The van der Waals surface area contributed by atoms with E-state index in [-0.39, 0.29) is 8.15 Å². The third-order valence-corrected chi connectivity index (χ3v) is 4.46. The maximum Gasteiger partial charge on any atom is 0.130 e. The highest BCUT2D eigenvalue weighted by atomic mass is 31.1. The van der Waals surface area contributed by atoms with Gasteiger partial charge < -0.3 is 4.52 Å². The molecule has 0 N–H and O–H groups in total. The van der Waals surface area contributed by atoms with Crippen LogP contribution in [0.5, 0.6) is 5.75 Å². The normalized spacial score (nSPS) is 17.9. The van der Waals surface area contributed by atoms with Gasteiger partial charge >= 0.3 is 0 Å². The summed E-state index contributed by atoms with van der Waals surface area (Å²) in [4.78, 5) is 0. The standard InChI is InChI=1S/C14H19OP/c1-2-3-4-7-11-16-12-10-13-8-5-6-9-14(13)15-16/h5-6,8-10,12H,2-4,7,11H2,1H3. The lowest BCUT2D eigenvalue weighted by Crippen LogP contribution is -1.96. The van der Waals surface area contributed by atoms with E-state index in [1.54, 1.807) is 0 Å². The maximum atomic E-state index is 5.99. The van der Waals surface area contributed by atoms with Crippen molar-refractivity contribution in [2.24, 2.45) is 0 Å². The van der Waals surface area contributed by atoms with Crippen LogP contribution in [0, 0.1) is 0 Å². The van der Waals surface area contributed by atoms with Crippen molar-refractivity contribution >= 4 is 14.2 Å². The molecule has 1 aliphatic heterocycles. The SMILES string of the molecule is CCCCCCP1C=Cc2ccccc2O1. The minimum atomic E-state index is -0.356. The summed E-state index contributed by atoms with van der Waals surface area (Å²) < 4.78 is 5.99. The van der Waals surface area contributed by atoms with Crippen LogP contribution in [0.15, 0.2) is 30.1 Å². The smallest absolute Gasteiger partial charge is 0.130 e. The van der Waals surface area contributed by atoms with Gasteiger partial charge in [0.2, 0.25) is 0 Å². The predicted octanol–water partition coefficient (Wildman–Crippen LogP) is 5.03. The number of unbranched alkanes of at least 4 members (excludes halogenated alkanes) is 3. The van der Waals surface area contributed by atoms with Gasteiger partial charge in [-0.05, 0) is 24.4 Å². The van der Waals surface area contributed by atoms with Gasteiger partial charge in [-0.2, -0.15) is 0 Å². The molecular formula is C14H19OP. The van der Waals surface area contributed by atoms with Crippen LogP contribution < -0.4 is 4.52 Å². The number of benzene rings is 1. The Hall–Kier alpha value is -0.810. The molecule has 1 unspecified atom stereocenters. The minimum absolute atomic E-state index is 0.356. The van der Waals surface area contributed by atoms with E-state index in [0.717, 1.165) is 5.75 Å². The van der Waals surface area contributed by atoms with Crippen LogP contribution in [0.2, 0.25) is 0 Å². The Labute approximate surface area is 99.4 Å². The summed E-state index contributed by atoms with van der Waals surface area (Å²) in [5.74, 6) is 3.32. The number of para-hydroxylation sites is 1. The van der Waals surface area contributed by atoms with Crippen molar-refractivity contribution in [2.45, 2.75) is 32.6 Å². The molecule has 0 saturated carbocycles. The van der Waals surface area contributed by atoms with Crippen LogP contribution in [0.3, 0.4) is 0 Å². The molecule has 1 aromatic carbocycles. The van der Waals surface area contributed by atoms with E-state index in [1.807, 2.05) is 6.07 Å². The van der Waals surface area contributed by atoms with Crippen LogP contribution in [0.25, 0.3) is 6.08 Å². The molecule has 86 valence electrons. The van der Waals surface area contributed by atoms with Crippen molar-refractivity contribution in [1.82, 2.24) is 0 Å². The molecule has 1 heterocycles. The fraction of sp³-hybridized carbons (Fsp3) is 0.429. The summed E-state index contributed by atoms with van der Waals surface area (Å²) in [7, 11) is -0.356. The Morgan fingerprint density at radius 3 is 2.88 bits per heavy atom. The predicted molar refractivity (Wildman–Crippen MR) is 72.0 cm³/mol. The first-order chi connectivity index (χ1) is 7.90. The van der Waals surface area contributed by atoms with Gasteiger partial charge in [-0.1, -0.05) is 44.4 Å². The van der Waals surface area contributed by atoms with Crippen molar-refractivity contribution < 1.29 is 4.52 Å². The van der Waals surface area contributed by atoms with Crippen molar-refractivity contribution in [3.8, 4) is 5.75 Å². The maximum absolute atomic E-state index is 5.99. The Bertz CT molecular complexity index is 360. The van der Waals surface area contributed by atoms with Gasteiger partial charge in [0.05, 0.1) is 0 Å². The molecule has 1 nitrogen and oxygen atoms in total. The summed E-state index contributed by atoms with van der Waals surface area (Å²) in [5, 5.41) is 0. The molecule has 1 atom stereocenters. The van der Waals surface area contributed by atoms with Crippen LogP contribution >= 0.6 is 8.15 Å². The van der Waals surface area contributed by atoms with E-state index in [1.165, 1.54) is 37.4 Å². The lowest BCUT2D eigenvalue weighted by atomic mass is 10.2. The number of fused-ring (bicyclic) bond motifs is 1. The minimum Gasteiger partial charge on any atom is -0.469 e. The summed E-state index contributed by atoms with van der Waals surface area (Å²) in [5.41, 5.74) is 1.22. The fourth-order valence-electron chi connectivity index (χ4n) is 1.84. The van der Waals surface area contributed by atoms with Crippen molar-refractivity contribution in [1.29, 1.82) is 0 Å². The highest BCUT2D eigenvalue weighted by Crippen LogP contribution is 2.46. The summed E-state index contributed by atoms with van der Waals surface area (Å²) in [6.45, 7) is 2.25. The van der Waals surface area contributed by atoms with Crippen LogP contribution in [-0.2, 0) is 0 Å². The molecule has 0 aromatic heterocycles. The van der Waals surface area contributed by atoms with Crippen molar-refractivity contribution in [3.05, 3.63) is 35.6 Å². The van der Waals surface area contributed by atoms with E-state index in [4.69, 9.17) is 4.52 Å². The first kappa shape index (κ1) is 11.7. The van der Waals surface area contributed by atoms with Gasteiger partial charge in [0.15, 0.2) is 0 Å². The molecule has 2 rings (SSSR count). The molecule has 0 bridgehead atoms.